The van der Waals surface area contributed by atoms with Gasteiger partial charge in [0, 0.05) is 19.6 Å². The summed E-state index contributed by atoms with van der Waals surface area (Å²) in [4.78, 5) is 36.5. The molecule has 7 heteroatoms. The molecule has 0 aromatic heterocycles. The molecular weight excluding hydrogens is 300 g/mol. The number of ether oxygens (including phenoxy) is 1. The number of nitrogens with one attached hydrogen (secondary N) is 1. The third kappa shape index (κ3) is 3.24. The van der Waals surface area contributed by atoms with Crippen LogP contribution in [0, 0.1) is 11.8 Å². The molecule has 2 aliphatic rings. The molecule has 1 aromatic rings. The van der Waals surface area contributed by atoms with Gasteiger partial charge >= 0.3 is 5.97 Å². The number of carboxylic acids is 1. The highest BCUT2D eigenvalue weighted by molar-refractivity contribution is 5.75. The number of morpholine rings is 1. The van der Waals surface area contributed by atoms with Crippen molar-refractivity contribution in [3.63, 3.8) is 0 Å². The maximum absolute atomic E-state index is 11.8. The molecule has 1 aliphatic carbocycles. The number of nitrogens with zero attached hydrogens (tertiary/aromatic N) is 1. The molecule has 1 saturated carbocycles. The first-order chi connectivity index (χ1) is 11.1. The van der Waals surface area contributed by atoms with Gasteiger partial charge < -0.3 is 20.1 Å². The second-order valence-corrected chi connectivity index (χ2v) is 6.42. The zero-order chi connectivity index (χ0) is 16.4. The molecular formula is C16H22N2O5. The van der Waals surface area contributed by atoms with Gasteiger partial charge in [-0.1, -0.05) is 0 Å². The van der Waals surface area contributed by atoms with Crippen molar-refractivity contribution in [1.82, 2.24) is 0 Å². The van der Waals surface area contributed by atoms with E-state index >= 15 is 0 Å². The fourth-order valence-corrected chi connectivity index (χ4v) is 3.49. The summed E-state index contributed by atoms with van der Waals surface area (Å²) in [7, 11) is 0. The van der Waals surface area contributed by atoms with Crippen LogP contribution in [0.15, 0.2) is 9.59 Å². The van der Waals surface area contributed by atoms with Crippen LogP contribution in [-0.2, 0) is 9.53 Å². The molecule has 0 bridgehead atoms. The smallest absolute Gasteiger partial charge is 0.306 e. The summed E-state index contributed by atoms with van der Waals surface area (Å²) in [5, 5.41) is 12.2. The van der Waals surface area contributed by atoms with Gasteiger partial charge in [-0.05, 0) is 31.6 Å². The van der Waals surface area contributed by atoms with Crippen LogP contribution in [0.1, 0.15) is 25.7 Å². The molecule has 0 unspecified atom stereocenters. The molecule has 0 amide bonds. The third-order valence-electron chi connectivity index (χ3n) is 4.98. The van der Waals surface area contributed by atoms with E-state index in [0.717, 1.165) is 12.8 Å². The second-order valence-electron chi connectivity index (χ2n) is 6.42. The summed E-state index contributed by atoms with van der Waals surface area (Å²) in [6, 6.07) is 0. The highest BCUT2D eigenvalue weighted by Crippen LogP contribution is 2.30. The standard InChI is InChI=1S/C16H22N2O5/c19-14-12(13(15(14)20)18-5-7-23-8-6-18)17-9-10-1-3-11(4-2-10)16(21)22/h10-11,17H,1-9H2,(H,21,22). The summed E-state index contributed by atoms with van der Waals surface area (Å²) in [6.45, 7) is 3.01. The highest BCUT2D eigenvalue weighted by Gasteiger charge is 2.29. The first-order valence-electron chi connectivity index (χ1n) is 8.20. The van der Waals surface area contributed by atoms with E-state index in [2.05, 4.69) is 5.32 Å². The van der Waals surface area contributed by atoms with Gasteiger partial charge in [-0.3, -0.25) is 14.4 Å². The van der Waals surface area contributed by atoms with Gasteiger partial charge in [0.2, 0.25) is 0 Å². The molecule has 1 aromatic carbocycles. The average Bonchev–Trinajstić information content (AvgIpc) is 2.58. The first-order valence-corrected chi connectivity index (χ1v) is 8.20. The van der Waals surface area contributed by atoms with E-state index < -0.39 is 16.8 Å². The summed E-state index contributed by atoms with van der Waals surface area (Å²) < 4.78 is 5.27. The molecule has 0 spiro atoms. The van der Waals surface area contributed by atoms with Crippen LogP contribution in [0.25, 0.3) is 0 Å². The van der Waals surface area contributed by atoms with E-state index in [0.29, 0.717) is 63.0 Å². The molecule has 0 atom stereocenters. The molecule has 2 fully saturated rings. The Balaban J connectivity index is 1.57. The van der Waals surface area contributed by atoms with Crippen LogP contribution in [0.2, 0.25) is 0 Å². The lowest BCUT2D eigenvalue weighted by molar-refractivity contribution is -0.143. The van der Waals surface area contributed by atoms with Crippen molar-refractivity contribution in [3.8, 4) is 0 Å². The zero-order valence-corrected chi connectivity index (χ0v) is 13.0. The number of carboxylic acid groups (broad SMARTS) is 1. The molecule has 1 heterocycles. The van der Waals surface area contributed by atoms with E-state index in [1.165, 1.54) is 0 Å². The Kier molecular flexibility index (Phi) is 4.66. The SMILES string of the molecule is O=C(O)C1CCC(CNc2c(N3CCOCC3)c(=O)c2=O)CC1. The van der Waals surface area contributed by atoms with Crippen molar-refractivity contribution in [2.75, 3.05) is 43.1 Å². The van der Waals surface area contributed by atoms with Gasteiger partial charge in [0.05, 0.1) is 19.1 Å². The molecule has 7 nitrogen and oxygen atoms in total. The van der Waals surface area contributed by atoms with Crippen LogP contribution < -0.4 is 21.1 Å². The Morgan fingerprint density at radius 1 is 1.13 bits per heavy atom. The van der Waals surface area contributed by atoms with Crippen molar-refractivity contribution < 1.29 is 14.6 Å². The average molecular weight is 322 g/mol. The molecule has 23 heavy (non-hydrogen) atoms. The number of aliphatic carboxylic acids is 1. The predicted molar refractivity (Wildman–Crippen MR) is 86.0 cm³/mol. The van der Waals surface area contributed by atoms with E-state index in [1.807, 2.05) is 4.90 Å². The lowest BCUT2D eigenvalue weighted by atomic mass is 9.82. The minimum Gasteiger partial charge on any atom is -0.481 e. The Morgan fingerprint density at radius 2 is 1.78 bits per heavy atom. The van der Waals surface area contributed by atoms with Crippen molar-refractivity contribution in [2.45, 2.75) is 25.7 Å². The summed E-state index contributed by atoms with van der Waals surface area (Å²) in [5.41, 5.74) is 0.0736. The van der Waals surface area contributed by atoms with Crippen LogP contribution >= 0.6 is 0 Å². The van der Waals surface area contributed by atoms with Crippen molar-refractivity contribution in [3.05, 3.63) is 20.4 Å². The topological polar surface area (TPSA) is 95.9 Å². The molecule has 3 rings (SSSR count). The normalized spacial score (nSPS) is 25.5. The minimum absolute atomic E-state index is 0.235. The number of anilines is 2. The number of rotatable bonds is 5. The lowest BCUT2D eigenvalue weighted by Crippen LogP contribution is -2.47. The van der Waals surface area contributed by atoms with Gasteiger partial charge in [0.25, 0.3) is 10.9 Å². The van der Waals surface area contributed by atoms with Gasteiger partial charge in [0.15, 0.2) is 0 Å². The van der Waals surface area contributed by atoms with Crippen molar-refractivity contribution in [1.29, 1.82) is 0 Å². The summed E-state index contributed by atoms with van der Waals surface area (Å²) >= 11 is 0. The Bertz CT molecular complexity index is 635. The van der Waals surface area contributed by atoms with Gasteiger partial charge in [0.1, 0.15) is 11.4 Å². The van der Waals surface area contributed by atoms with E-state index in [1.54, 1.807) is 0 Å². The first kappa shape index (κ1) is 16.0. The molecule has 2 N–H and O–H groups in total. The predicted octanol–water partition coefficient (Wildman–Crippen LogP) is 0.422. The summed E-state index contributed by atoms with van der Waals surface area (Å²) in [6.07, 6.45) is 3.05. The fourth-order valence-electron chi connectivity index (χ4n) is 3.49. The van der Waals surface area contributed by atoms with E-state index in [-0.39, 0.29) is 5.92 Å². The van der Waals surface area contributed by atoms with Crippen LogP contribution in [0.5, 0.6) is 0 Å². The van der Waals surface area contributed by atoms with Crippen LogP contribution in [-0.4, -0.2) is 43.9 Å². The maximum Gasteiger partial charge on any atom is 0.306 e. The molecule has 1 aliphatic heterocycles. The molecule has 0 radical (unpaired) electrons. The Hall–Kier alpha value is -1.89. The fraction of sp³-hybridized carbons (Fsp3) is 0.688. The van der Waals surface area contributed by atoms with Gasteiger partial charge in [-0.25, -0.2) is 0 Å². The Morgan fingerprint density at radius 3 is 2.39 bits per heavy atom. The monoisotopic (exact) mass is 322 g/mol. The van der Waals surface area contributed by atoms with Gasteiger partial charge in [-0.2, -0.15) is 0 Å². The number of hydrogen-bond acceptors (Lipinski definition) is 6. The van der Waals surface area contributed by atoms with Crippen molar-refractivity contribution in [2.24, 2.45) is 11.8 Å². The van der Waals surface area contributed by atoms with Gasteiger partial charge in [-0.15, -0.1) is 0 Å². The lowest BCUT2D eigenvalue weighted by Gasteiger charge is -2.32. The molecule has 126 valence electrons. The largest absolute Gasteiger partial charge is 0.481 e. The highest BCUT2D eigenvalue weighted by atomic mass is 16.5. The van der Waals surface area contributed by atoms with Crippen molar-refractivity contribution >= 4 is 17.3 Å². The Labute approximate surface area is 133 Å². The van der Waals surface area contributed by atoms with Crippen LogP contribution in [0.4, 0.5) is 11.4 Å². The third-order valence-corrected chi connectivity index (χ3v) is 4.98. The second kappa shape index (κ2) is 6.70. The number of hydrogen-bond donors (Lipinski definition) is 2. The molecule has 1 saturated heterocycles. The van der Waals surface area contributed by atoms with Crippen LogP contribution in [0.3, 0.4) is 0 Å². The summed E-state index contributed by atoms with van der Waals surface area (Å²) in [5.74, 6) is -0.595. The minimum atomic E-state index is -0.714. The quantitative estimate of drug-likeness (QED) is 0.759. The maximum atomic E-state index is 11.8. The van der Waals surface area contributed by atoms with E-state index in [9.17, 15) is 14.4 Å². The number of carbonyl (C=O) groups is 1. The zero-order valence-electron chi connectivity index (χ0n) is 13.0. The van der Waals surface area contributed by atoms with E-state index in [4.69, 9.17) is 9.84 Å².